The van der Waals surface area contributed by atoms with Gasteiger partial charge < -0.3 is 14.2 Å². The van der Waals surface area contributed by atoms with E-state index in [1.54, 1.807) is 0 Å². The molecule has 0 aliphatic carbocycles. The summed E-state index contributed by atoms with van der Waals surface area (Å²) >= 11 is 0. The number of fused-ring (bicyclic) bond motifs is 7. The lowest BCUT2D eigenvalue weighted by Crippen LogP contribution is -2.74. The molecule has 0 aliphatic rings. The topological polar surface area (TPSA) is 19.6 Å². The SMILES string of the molecule is c1ccc(N(c2cccc([Si](c3ccccc3)(c3ccccc3)c3ccccc3)c2)c2cc3c(oc4cc(N(c5ccccc5)c5cccc([Si](c6ccccc6)(c6ccccc6)c6ccccc6)c5)c5ccccc5c43)c3ccccc23)cc1. The Balaban J connectivity index is 0.960. The van der Waals surface area contributed by atoms with E-state index in [9.17, 15) is 0 Å². The average Bonchev–Trinajstić information content (AvgIpc) is 2.81. The third-order valence-corrected chi connectivity index (χ3v) is 26.8. The summed E-state index contributed by atoms with van der Waals surface area (Å²) in [6, 6.07) is 130. The van der Waals surface area contributed by atoms with Crippen molar-refractivity contribution in [1.29, 1.82) is 0 Å². The van der Waals surface area contributed by atoms with Crippen LogP contribution in [0.15, 0.2) is 356 Å². The predicted octanol–water partition coefficient (Wildman–Crippen LogP) is 15.6. The van der Waals surface area contributed by atoms with Gasteiger partial charge in [0.2, 0.25) is 0 Å². The number of hydrogen-bond acceptors (Lipinski definition) is 3. The van der Waals surface area contributed by atoms with Crippen LogP contribution in [0.3, 0.4) is 0 Å². The van der Waals surface area contributed by atoms with E-state index in [2.05, 4.69) is 362 Å². The molecule has 15 aromatic rings. The van der Waals surface area contributed by atoms with Crippen LogP contribution in [-0.2, 0) is 0 Å². The first-order valence-corrected chi connectivity index (χ1v) is 33.2. The number of rotatable bonds is 14. The Labute approximate surface area is 498 Å². The Morgan fingerprint density at radius 3 is 0.871 bits per heavy atom. The molecule has 14 aromatic carbocycles. The van der Waals surface area contributed by atoms with Gasteiger partial charge in [-0.15, -0.1) is 0 Å². The van der Waals surface area contributed by atoms with Crippen LogP contribution in [0.2, 0.25) is 0 Å². The molecule has 0 unspecified atom stereocenters. The van der Waals surface area contributed by atoms with Crippen molar-refractivity contribution in [2.75, 3.05) is 9.80 Å². The smallest absolute Gasteiger partial charge is 0.179 e. The van der Waals surface area contributed by atoms with Crippen LogP contribution in [0, 0.1) is 0 Å². The molecule has 0 N–H and O–H groups in total. The van der Waals surface area contributed by atoms with Crippen molar-refractivity contribution in [2.24, 2.45) is 0 Å². The number of benzene rings is 14. The number of para-hydroxylation sites is 2. The first-order valence-electron chi connectivity index (χ1n) is 29.2. The van der Waals surface area contributed by atoms with Gasteiger partial charge in [0.05, 0.1) is 11.4 Å². The van der Waals surface area contributed by atoms with Crippen molar-refractivity contribution in [3.8, 4) is 0 Å². The molecule has 1 heterocycles. The lowest BCUT2D eigenvalue weighted by molar-refractivity contribution is 0.673. The highest BCUT2D eigenvalue weighted by atomic mass is 28.3. The Morgan fingerprint density at radius 2 is 0.494 bits per heavy atom. The van der Waals surface area contributed by atoms with E-state index >= 15 is 0 Å². The normalized spacial score (nSPS) is 11.8. The molecule has 3 nitrogen and oxygen atoms in total. The van der Waals surface area contributed by atoms with Gasteiger partial charge in [0.1, 0.15) is 11.2 Å². The molecule has 5 heteroatoms. The number of furan rings is 1. The summed E-state index contributed by atoms with van der Waals surface area (Å²) in [7, 11) is -5.80. The standard InChI is InChI=1S/C80H58N2OSi2/c1-9-31-59(32-10-1)81(61-35-29-49-69(55-61)84(63-37-13-3-14-38-63,64-39-15-4-16-40-64)65-41-17-5-18-42-65)76-57-75-79-73-53-27-25-51-71(73)77(58-78(79)83-80(75)74-54-28-26-52-72(74)76)82(60-33-11-2-12-34-60)62-36-30-50-70(56-62)85(66-43-19-6-20-44-66,67-45-21-7-22-46-67)68-47-23-8-24-48-68/h1-58H. The van der Waals surface area contributed by atoms with Crippen molar-refractivity contribution in [3.05, 3.63) is 352 Å². The summed E-state index contributed by atoms with van der Waals surface area (Å²) in [5.41, 5.74) is 8.05. The van der Waals surface area contributed by atoms with Gasteiger partial charge >= 0.3 is 0 Å². The predicted molar refractivity (Wildman–Crippen MR) is 365 cm³/mol. The minimum Gasteiger partial charge on any atom is -0.455 e. The number of nitrogens with zero attached hydrogens (tertiary/aromatic N) is 2. The second-order valence-electron chi connectivity index (χ2n) is 21.9. The van der Waals surface area contributed by atoms with Gasteiger partial charge in [-0.1, -0.05) is 291 Å². The Morgan fingerprint density at radius 1 is 0.212 bits per heavy atom. The van der Waals surface area contributed by atoms with Crippen molar-refractivity contribution >= 4 is 135 Å². The third kappa shape index (κ3) is 8.71. The molecule has 1 aromatic heterocycles. The van der Waals surface area contributed by atoms with Crippen molar-refractivity contribution < 1.29 is 4.42 Å². The highest BCUT2D eigenvalue weighted by Gasteiger charge is 2.43. The van der Waals surface area contributed by atoms with E-state index in [1.165, 1.54) is 41.5 Å². The van der Waals surface area contributed by atoms with Crippen molar-refractivity contribution in [2.45, 2.75) is 0 Å². The average molecular weight is 1120 g/mol. The molecule has 85 heavy (non-hydrogen) atoms. The van der Waals surface area contributed by atoms with E-state index in [0.29, 0.717) is 0 Å². The summed E-state index contributed by atoms with van der Waals surface area (Å²) < 4.78 is 7.41. The minimum absolute atomic E-state index is 0.822. The third-order valence-electron chi connectivity index (χ3n) is 17.3. The fourth-order valence-electron chi connectivity index (χ4n) is 13.7. The molecule has 0 saturated heterocycles. The monoisotopic (exact) mass is 1120 g/mol. The molecular formula is C80H58N2OSi2. The molecule has 0 amide bonds. The van der Waals surface area contributed by atoms with Gasteiger partial charge in [-0.25, -0.2) is 0 Å². The zero-order valence-electron chi connectivity index (χ0n) is 46.8. The molecule has 0 saturated carbocycles. The summed E-state index contributed by atoms with van der Waals surface area (Å²) in [6.45, 7) is 0. The summed E-state index contributed by atoms with van der Waals surface area (Å²) in [5, 5.41) is 17.1. The van der Waals surface area contributed by atoms with Gasteiger partial charge in [0, 0.05) is 55.7 Å². The van der Waals surface area contributed by atoms with Crippen LogP contribution in [0.1, 0.15) is 0 Å². The first kappa shape index (κ1) is 51.3. The fraction of sp³-hybridized carbons (Fsp3) is 0. The van der Waals surface area contributed by atoms with Gasteiger partial charge in [-0.05, 0) is 101 Å². The van der Waals surface area contributed by atoms with Crippen LogP contribution in [0.4, 0.5) is 34.1 Å². The molecule has 0 bridgehead atoms. The van der Waals surface area contributed by atoms with E-state index in [4.69, 9.17) is 4.42 Å². The zero-order valence-corrected chi connectivity index (χ0v) is 48.8. The highest BCUT2D eigenvalue weighted by Crippen LogP contribution is 2.49. The maximum absolute atomic E-state index is 7.41. The second kappa shape index (κ2) is 22.0. The van der Waals surface area contributed by atoms with Gasteiger partial charge in [0.25, 0.3) is 0 Å². The second-order valence-corrected chi connectivity index (χ2v) is 29.5. The van der Waals surface area contributed by atoms with E-state index < -0.39 is 16.1 Å². The first-order chi connectivity index (χ1) is 42.2. The van der Waals surface area contributed by atoms with Gasteiger partial charge in [0.15, 0.2) is 16.1 Å². The Kier molecular flexibility index (Phi) is 13.3. The van der Waals surface area contributed by atoms with Crippen LogP contribution >= 0.6 is 0 Å². The molecular weight excluding hydrogens is 1060 g/mol. The molecule has 0 atom stereocenters. The van der Waals surface area contributed by atoms with Crippen molar-refractivity contribution in [1.82, 2.24) is 0 Å². The lowest BCUT2D eigenvalue weighted by atomic mass is 9.98. The van der Waals surface area contributed by atoms with E-state index in [-0.39, 0.29) is 0 Å². The zero-order chi connectivity index (χ0) is 56.6. The molecule has 402 valence electrons. The summed E-state index contributed by atoms with van der Waals surface area (Å²) in [4.78, 5) is 4.91. The van der Waals surface area contributed by atoms with Crippen LogP contribution in [0.25, 0.3) is 43.5 Å². The van der Waals surface area contributed by atoms with Crippen LogP contribution in [0.5, 0.6) is 0 Å². The lowest BCUT2D eigenvalue weighted by Gasteiger charge is -2.35. The summed E-state index contributed by atoms with van der Waals surface area (Å²) in [5.74, 6) is 0. The van der Waals surface area contributed by atoms with Crippen LogP contribution < -0.4 is 51.3 Å². The molecule has 0 spiro atoms. The Bertz CT molecular complexity index is 4620. The maximum Gasteiger partial charge on any atom is 0.179 e. The number of anilines is 6. The summed E-state index contributed by atoms with van der Waals surface area (Å²) in [6.07, 6.45) is 0. The van der Waals surface area contributed by atoms with E-state index in [0.717, 1.165) is 77.6 Å². The fourth-order valence-corrected chi connectivity index (χ4v) is 23.3. The highest BCUT2D eigenvalue weighted by molar-refractivity contribution is 7.20. The Hall–Kier alpha value is -10.6. The molecule has 0 fully saturated rings. The number of hydrogen-bond donors (Lipinski definition) is 0. The van der Waals surface area contributed by atoms with E-state index in [1.807, 2.05) is 0 Å². The molecule has 0 aliphatic heterocycles. The molecule has 15 rings (SSSR count). The van der Waals surface area contributed by atoms with Gasteiger partial charge in [-0.3, -0.25) is 0 Å². The largest absolute Gasteiger partial charge is 0.455 e. The minimum atomic E-state index is -2.90. The quantitative estimate of drug-likeness (QED) is 0.0799. The van der Waals surface area contributed by atoms with Crippen molar-refractivity contribution in [3.63, 3.8) is 0 Å². The van der Waals surface area contributed by atoms with Crippen LogP contribution in [-0.4, -0.2) is 16.1 Å². The molecule has 0 radical (unpaired) electrons. The maximum atomic E-state index is 7.41. The van der Waals surface area contributed by atoms with Gasteiger partial charge in [-0.2, -0.15) is 0 Å².